The average molecular weight is 239 g/mol. The number of fused-ring (bicyclic) bond motifs is 5. The first-order valence-electron chi connectivity index (χ1n) is 5.73. The minimum atomic E-state index is -0.845. The molecule has 1 aromatic rings. The quantitative estimate of drug-likeness (QED) is 0.700. The van der Waals surface area contributed by atoms with Crippen LogP contribution in [-0.2, 0) is 9.05 Å². The molecule has 16 heavy (non-hydrogen) atoms. The Morgan fingerprint density at radius 3 is 2.88 bits per heavy atom. The van der Waals surface area contributed by atoms with Gasteiger partial charge in [-0.3, -0.25) is 0 Å². The third kappa shape index (κ3) is 1.84. The van der Waals surface area contributed by atoms with Crippen molar-refractivity contribution in [1.29, 1.82) is 0 Å². The zero-order chi connectivity index (χ0) is 11.5. The summed E-state index contributed by atoms with van der Waals surface area (Å²) in [6, 6.07) is 8.51. The molecule has 0 saturated carbocycles. The molecule has 0 aliphatic carbocycles. The number of rotatable bonds is 1. The van der Waals surface area contributed by atoms with Gasteiger partial charge in [-0.2, -0.15) is 0 Å². The molecule has 1 aromatic carbocycles. The highest BCUT2D eigenvalue weighted by atomic mass is 31.2. The van der Waals surface area contributed by atoms with E-state index in [-0.39, 0.29) is 0 Å². The summed E-state index contributed by atoms with van der Waals surface area (Å²) in [5.41, 5.74) is 2.71. The highest BCUT2D eigenvalue weighted by Gasteiger charge is 2.39. The molecule has 2 atom stereocenters. The van der Waals surface area contributed by atoms with Gasteiger partial charge in [0.15, 0.2) is 0 Å². The zero-order valence-corrected chi connectivity index (χ0v) is 10.9. The van der Waals surface area contributed by atoms with Gasteiger partial charge in [-0.15, -0.1) is 0 Å². The monoisotopic (exact) mass is 239 g/mol. The van der Waals surface area contributed by atoms with Gasteiger partial charge in [-0.05, 0) is 11.6 Å². The summed E-state index contributed by atoms with van der Waals surface area (Å²) in [5, 5.41) is 0. The highest BCUT2D eigenvalue weighted by molar-refractivity contribution is 7.49. The lowest BCUT2D eigenvalue weighted by Crippen LogP contribution is -2.25. The molecule has 2 bridgehead atoms. The fourth-order valence-corrected chi connectivity index (χ4v) is 3.58. The lowest BCUT2D eigenvalue weighted by atomic mass is 10.0. The van der Waals surface area contributed by atoms with Crippen LogP contribution in [0.25, 0.3) is 0 Å². The molecular weight excluding hydrogens is 221 g/mol. The van der Waals surface area contributed by atoms with Gasteiger partial charge in [0.1, 0.15) is 0 Å². The summed E-state index contributed by atoms with van der Waals surface area (Å²) >= 11 is 0. The number of benzene rings is 1. The van der Waals surface area contributed by atoms with E-state index in [1.54, 1.807) is 7.11 Å². The maximum atomic E-state index is 5.67. The van der Waals surface area contributed by atoms with Gasteiger partial charge in [-0.25, -0.2) is 0 Å². The molecule has 0 radical (unpaired) electrons. The van der Waals surface area contributed by atoms with Gasteiger partial charge in [0.2, 0.25) is 0 Å². The SMILES string of the molecule is CC.COP1OCC2CN1c1ccccc12. The second-order valence-electron chi connectivity index (χ2n) is 3.55. The van der Waals surface area contributed by atoms with Crippen molar-refractivity contribution in [1.82, 2.24) is 0 Å². The standard InChI is InChI=1S/C10H12NO2P.C2H6/c1-12-14-11-6-8(7-13-14)9-4-2-3-5-10(9)11;1-2/h2-5,8H,6-7H2,1H3;1-2H3. The molecule has 88 valence electrons. The fourth-order valence-electron chi connectivity index (χ4n) is 2.15. The molecule has 3 rings (SSSR count). The minimum absolute atomic E-state index is 0.542. The molecule has 0 spiro atoms. The summed E-state index contributed by atoms with van der Waals surface area (Å²) in [7, 11) is 0.871. The number of para-hydroxylation sites is 1. The second-order valence-corrected chi connectivity index (χ2v) is 5.14. The molecule has 0 N–H and O–H groups in total. The van der Waals surface area contributed by atoms with Crippen LogP contribution in [0.4, 0.5) is 5.69 Å². The lowest BCUT2D eigenvalue weighted by Gasteiger charge is -2.30. The maximum Gasteiger partial charge on any atom is 0.289 e. The van der Waals surface area contributed by atoms with Crippen molar-refractivity contribution in [2.45, 2.75) is 19.8 Å². The van der Waals surface area contributed by atoms with Crippen LogP contribution in [0.2, 0.25) is 0 Å². The van der Waals surface area contributed by atoms with Crippen LogP contribution in [-0.4, -0.2) is 20.3 Å². The smallest absolute Gasteiger partial charge is 0.289 e. The van der Waals surface area contributed by atoms with E-state index in [9.17, 15) is 0 Å². The average Bonchev–Trinajstić information content (AvgIpc) is 2.67. The molecule has 3 nitrogen and oxygen atoms in total. The molecular formula is C12H18NO2P. The predicted octanol–water partition coefficient (Wildman–Crippen LogP) is 3.52. The molecule has 2 unspecified atom stereocenters. The second kappa shape index (κ2) is 5.13. The van der Waals surface area contributed by atoms with Crippen LogP contribution < -0.4 is 4.67 Å². The molecule has 0 amide bonds. The summed E-state index contributed by atoms with van der Waals surface area (Å²) < 4.78 is 13.3. The summed E-state index contributed by atoms with van der Waals surface area (Å²) in [6.45, 7) is 5.85. The van der Waals surface area contributed by atoms with Crippen molar-refractivity contribution in [2.75, 3.05) is 24.9 Å². The Kier molecular flexibility index (Phi) is 3.80. The first kappa shape index (κ1) is 11.8. The third-order valence-corrected chi connectivity index (χ3v) is 4.24. The topological polar surface area (TPSA) is 21.7 Å². The van der Waals surface area contributed by atoms with Gasteiger partial charge in [0.05, 0.1) is 6.61 Å². The number of hydrogen-bond acceptors (Lipinski definition) is 3. The Morgan fingerprint density at radius 2 is 2.12 bits per heavy atom. The van der Waals surface area contributed by atoms with Gasteiger partial charge >= 0.3 is 0 Å². The van der Waals surface area contributed by atoms with Crippen LogP contribution in [0.15, 0.2) is 24.3 Å². The molecule has 2 heterocycles. The Bertz CT molecular complexity index is 359. The maximum absolute atomic E-state index is 5.67. The van der Waals surface area contributed by atoms with Crippen molar-refractivity contribution in [3.05, 3.63) is 29.8 Å². The highest BCUT2D eigenvalue weighted by Crippen LogP contribution is 2.56. The van der Waals surface area contributed by atoms with Crippen molar-refractivity contribution >= 4 is 14.2 Å². The van der Waals surface area contributed by atoms with Crippen LogP contribution in [0, 0.1) is 0 Å². The van der Waals surface area contributed by atoms with Gasteiger partial charge in [-0.1, -0.05) is 32.0 Å². The first-order valence-corrected chi connectivity index (χ1v) is 6.86. The Labute approximate surface area is 98.3 Å². The van der Waals surface area contributed by atoms with Crippen LogP contribution in [0.3, 0.4) is 0 Å². The number of anilines is 1. The van der Waals surface area contributed by atoms with Gasteiger partial charge in [0, 0.05) is 25.3 Å². The summed E-state index contributed by atoms with van der Waals surface area (Å²) in [4.78, 5) is 0. The molecule has 1 saturated heterocycles. The van der Waals surface area contributed by atoms with Crippen molar-refractivity contribution in [3.8, 4) is 0 Å². The van der Waals surface area contributed by atoms with Crippen molar-refractivity contribution < 1.29 is 9.05 Å². The van der Waals surface area contributed by atoms with Crippen LogP contribution in [0.1, 0.15) is 25.3 Å². The molecule has 4 heteroatoms. The number of hydrogen-bond donors (Lipinski definition) is 0. The zero-order valence-electron chi connectivity index (χ0n) is 10.0. The van der Waals surface area contributed by atoms with Crippen LogP contribution >= 0.6 is 8.53 Å². The van der Waals surface area contributed by atoms with E-state index < -0.39 is 8.53 Å². The Balaban J connectivity index is 0.000000457. The molecule has 2 aliphatic heterocycles. The fraction of sp³-hybridized carbons (Fsp3) is 0.500. The largest absolute Gasteiger partial charge is 0.321 e. The normalized spacial score (nSPS) is 25.8. The van der Waals surface area contributed by atoms with E-state index >= 15 is 0 Å². The minimum Gasteiger partial charge on any atom is -0.321 e. The molecule has 2 aliphatic rings. The van der Waals surface area contributed by atoms with Gasteiger partial charge < -0.3 is 13.7 Å². The summed E-state index contributed by atoms with van der Waals surface area (Å²) in [5.74, 6) is 0.542. The Morgan fingerprint density at radius 1 is 1.38 bits per heavy atom. The molecule has 1 fully saturated rings. The van der Waals surface area contributed by atoms with Crippen molar-refractivity contribution in [3.63, 3.8) is 0 Å². The third-order valence-electron chi connectivity index (χ3n) is 2.79. The van der Waals surface area contributed by atoms with E-state index in [1.807, 2.05) is 13.8 Å². The van der Waals surface area contributed by atoms with E-state index in [0.717, 1.165) is 13.2 Å². The van der Waals surface area contributed by atoms with E-state index in [1.165, 1.54) is 11.3 Å². The van der Waals surface area contributed by atoms with E-state index in [2.05, 4.69) is 28.9 Å². The van der Waals surface area contributed by atoms with E-state index in [0.29, 0.717) is 5.92 Å². The van der Waals surface area contributed by atoms with Gasteiger partial charge in [0.25, 0.3) is 8.53 Å². The Hall–Kier alpha value is -0.630. The van der Waals surface area contributed by atoms with Crippen LogP contribution in [0.5, 0.6) is 0 Å². The number of nitrogens with zero attached hydrogens (tertiary/aromatic N) is 1. The first-order chi connectivity index (χ1) is 7.90. The molecule has 0 aromatic heterocycles. The lowest BCUT2D eigenvalue weighted by molar-refractivity contribution is 0.250. The predicted molar refractivity (Wildman–Crippen MR) is 67.8 cm³/mol. The van der Waals surface area contributed by atoms with E-state index in [4.69, 9.17) is 9.05 Å². The van der Waals surface area contributed by atoms with Crippen molar-refractivity contribution in [2.24, 2.45) is 0 Å². The summed E-state index contributed by atoms with van der Waals surface area (Å²) in [6.07, 6.45) is 0.